The predicted molar refractivity (Wildman–Crippen MR) is 549 cm³/mol. The number of aromatic nitrogens is 10. The summed E-state index contributed by atoms with van der Waals surface area (Å²) in [5.41, 5.74) is 14.1. The van der Waals surface area contributed by atoms with Crippen LogP contribution in [0.25, 0.3) is 0 Å². The van der Waals surface area contributed by atoms with Crippen LogP contribution in [0.15, 0.2) is 82.7 Å². The van der Waals surface area contributed by atoms with Crippen molar-refractivity contribution in [2.45, 2.75) is 311 Å². The quantitative estimate of drug-likeness (QED) is 0.0614. The number of aryl methyl sites for hydroxylation is 6. The van der Waals surface area contributed by atoms with Crippen molar-refractivity contribution in [2.24, 2.45) is 7.05 Å². The molecule has 12 aliphatic rings. The van der Waals surface area contributed by atoms with Crippen LogP contribution < -0.4 is 36.6 Å². The van der Waals surface area contributed by atoms with Crippen LogP contribution in [0.1, 0.15) is 287 Å². The second-order valence-electron chi connectivity index (χ2n) is 39.8. The van der Waals surface area contributed by atoms with Gasteiger partial charge in [0.1, 0.15) is 57.3 Å². The molecule has 138 heavy (non-hydrogen) atoms. The summed E-state index contributed by atoms with van der Waals surface area (Å²) in [6, 6.07) is 15.7. The van der Waals surface area contributed by atoms with Crippen LogP contribution in [-0.2, 0) is 121 Å². The molecule has 12 aromatic rings. The Kier molecular flexibility index (Phi) is 30.9. The molecule has 38 heteroatoms. The van der Waals surface area contributed by atoms with E-state index in [2.05, 4.69) is 163 Å². The first kappa shape index (κ1) is 101. The molecule has 6 saturated heterocycles. The number of hydrogen-bond donors (Lipinski definition) is 9. The molecule has 24 heterocycles. The Labute approximate surface area is 861 Å². The number of rotatable bonds is 10. The van der Waals surface area contributed by atoms with E-state index in [9.17, 15) is 5.11 Å². The van der Waals surface area contributed by atoms with Crippen LogP contribution in [0.4, 0.5) is 0 Å². The largest absolute Gasteiger partial charge is 0.480 e. The second-order valence-corrected chi connectivity index (χ2v) is 49.9. The van der Waals surface area contributed by atoms with Crippen molar-refractivity contribution in [3.8, 4) is 5.88 Å². The van der Waals surface area contributed by atoms with Gasteiger partial charge in [0.05, 0.1) is 138 Å². The summed E-state index contributed by atoms with van der Waals surface area (Å²) in [7, 11) is 3.59. The van der Waals surface area contributed by atoms with Gasteiger partial charge in [0.15, 0.2) is 6.39 Å². The number of nitrogens with one attached hydrogen (secondary N) is 8. The van der Waals surface area contributed by atoms with E-state index in [1.165, 1.54) is 80.3 Å². The third-order valence-corrected chi connectivity index (χ3v) is 38.1. The molecular weight excluding hydrogens is 1990 g/mol. The van der Waals surface area contributed by atoms with Crippen molar-refractivity contribution in [3.05, 3.63) is 225 Å². The van der Waals surface area contributed by atoms with Gasteiger partial charge in [-0.1, -0.05) is 76.5 Å². The van der Waals surface area contributed by atoms with Gasteiger partial charge in [-0.25, -0.2) is 19.9 Å². The number of piperidine rings is 6. The van der Waals surface area contributed by atoms with Crippen molar-refractivity contribution in [3.63, 3.8) is 0 Å². The number of thiophene rings is 6. The van der Waals surface area contributed by atoms with Gasteiger partial charge in [-0.3, -0.25) is 9.36 Å². The van der Waals surface area contributed by atoms with Crippen molar-refractivity contribution in [1.82, 2.24) is 81.4 Å². The van der Waals surface area contributed by atoms with Gasteiger partial charge in [-0.05, 0) is 222 Å². The van der Waals surface area contributed by atoms with Crippen LogP contribution >= 0.6 is 138 Å². The molecule has 6 spiro atoms. The topological polar surface area (TPSA) is 302 Å². The maximum absolute atomic E-state index is 9.17. The van der Waals surface area contributed by atoms with Crippen molar-refractivity contribution < 1.29 is 47.1 Å². The summed E-state index contributed by atoms with van der Waals surface area (Å²) < 4.78 is 63.7. The molecule has 18 unspecified atom stereocenters. The van der Waals surface area contributed by atoms with E-state index < -0.39 is 0 Å². The Bertz CT molecular complexity index is 6110. The highest BCUT2D eigenvalue weighted by molar-refractivity contribution is 7.18. The minimum Gasteiger partial charge on any atom is -0.480 e. The Morgan fingerprint density at radius 3 is 1.18 bits per heavy atom. The molecule has 0 bridgehead atoms. The number of hydrogen-bond acceptors (Lipinski definition) is 28. The predicted octanol–water partition coefficient (Wildman–Crippen LogP) is 22.2. The van der Waals surface area contributed by atoms with E-state index in [0.717, 1.165) is 239 Å². The zero-order valence-electron chi connectivity index (χ0n) is 80.4. The molecule has 0 radical (unpaired) electrons. The molecule has 0 amide bonds. The fraction of sp³-hybridized carbons (Fsp3) is 0.580. The molecular formula is C100H126Cl6N16O10S6. The van der Waals surface area contributed by atoms with E-state index >= 15 is 0 Å². The van der Waals surface area contributed by atoms with Crippen molar-refractivity contribution >= 4 is 138 Å². The summed E-state index contributed by atoms with van der Waals surface area (Å²) in [5, 5.41) is 40.1. The zero-order chi connectivity index (χ0) is 96.5. The average Bonchev–Trinajstić information content (AvgIpc) is 1.62. The monoisotopic (exact) mass is 2110 g/mol. The molecule has 12 aromatic heterocycles. The standard InChI is InChI=1S/C18H24ClN3O2S.C17H22ClN3O2S.C17H22ClN3OS.C16H20ClN3OS.2C16H19ClN2O2S/c1-11-8-18(17-13(3-6-24-18)7-16(19)25-17)9-15(20-11)14-10-22(4-5-23)21-12(14)2;1-10-7-17(15-11(4-5-23-17)6-14(18)24-15)8-13(19-10)12-9-21(2)20-16(12)22-3;1-3-12-9-19-16(21-12)13-8-17(7-10(2)20-13)15-11(4-5-22-17)6-14(18)23-15;1-9-6-16(7-12(19-9)13-8-18-10(2)20-13)15-11(3-4-21-16)5-14(17)22-15;1-9-6-16(7-12(19-9)14-10(2)18-8-20-14)15-11(3-4-21-16)5-13(17)22-15;1-9-6-16(7-12(18-9)15-19-10(2)8-20-15)14-11(3-4-21-16)5-13(17)22-14/h7,10-11,15,20,23H,3-6,8-9H2,1-2H3;6,9-10,13,19H,4-5,7-8H2,1-3H3;6,9-10,13,20H,3-5,7-8H2,1-2H3,(H,19,21);5,8-9,12,19H,3-4,6-7H2,1-2H3,(H,18,20);5,8-9,12,19H,3-4,6-7H2,1-2H3;5,8-9,12,18H,3-4,6-7H2,1-2H3. The van der Waals surface area contributed by atoms with E-state index in [0.29, 0.717) is 48.7 Å². The van der Waals surface area contributed by atoms with Crippen LogP contribution in [0.3, 0.4) is 0 Å². The molecule has 0 saturated carbocycles. The van der Waals surface area contributed by atoms with Gasteiger partial charge in [0, 0.05) is 159 Å². The van der Waals surface area contributed by atoms with Crippen LogP contribution in [0.5, 0.6) is 5.88 Å². The Hall–Kier alpha value is -5.52. The van der Waals surface area contributed by atoms with Crippen molar-refractivity contribution in [2.75, 3.05) is 53.4 Å². The van der Waals surface area contributed by atoms with E-state index in [1.54, 1.807) is 86.1 Å². The maximum atomic E-state index is 9.17. The van der Waals surface area contributed by atoms with Gasteiger partial charge in [0.2, 0.25) is 11.8 Å². The lowest BCUT2D eigenvalue weighted by Gasteiger charge is -2.46. The van der Waals surface area contributed by atoms with Gasteiger partial charge in [-0.2, -0.15) is 5.10 Å². The number of imidazole rings is 2. The summed E-state index contributed by atoms with van der Waals surface area (Å²) in [4.78, 5) is 32.4. The number of oxazole rings is 2. The zero-order valence-corrected chi connectivity index (χ0v) is 89.8. The fourth-order valence-corrected chi connectivity index (χ4v) is 32.7. The highest BCUT2D eigenvalue weighted by Crippen LogP contribution is 2.58. The average molecular weight is 2120 g/mol. The van der Waals surface area contributed by atoms with E-state index in [4.69, 9.17) is 112 Å². The molecule has 18 atom stereocenters. The van der Waals surface area contributed by atoms with Crippen LogP contribution in [-0.4, -0.2) is 144 Å². The first-order valence-electron chi connectivity index (χ1n) is 48.5. The second kappa shape index (κ2) is 42.1. The number of nitrogens with zero attached hydrogens (tertiary/aromatic N) is 8. The molecule has 6 fully saturated rings. The summed E-state index contributed by atoms with van der Waals surface area (Å²) in [5.74, 6) is 4.32. The molecule has 0 aromatic carbocycles. The number of fused-ring (bicyclic) bond motifs is 12. The molecule has 744 valence electrons. The Balaban J connectivity index is 0.000000106. The third-order valence-electron chi connectivity index (χ3n) is 29.2. The third kappa shape index (κ3) is 21.3. The minimum atomic E-state index is -0.262. The first-order valence-corrected chi connectivity index (χ1v) is 55.7. The SMILES string of the molecule is CCc1cnc(C2CC3(CC(C)N2)OCCc2cc(Cl)sc23)[nH]1.COc1nn(C)cc1C1CC2(CC(C)N1)OCCc1cc(Cl)sc12.Cc1coc(C2CC3(CC(C)N2)OCCc2cc(Cl)sc23)n1.Cc1ncc(C2CC3(CC(C)N2)OCCc2cc(Cl)sc23)[nH]1.Cc1ncoc1C1CC2(CC(C)N1)OCCc1cc(Cl)sc12.Cc1nn(CCO)cc1C1CC2(CC(C)N1)OCCc1cc(Cl)sc12. The van der Waals surface area contributed by atoms with Gasteiger partial charge < -0.3 is 89.0 Å². The Morgan fingerprint density at radius 1 is 0.435 bits per heavy atom. The lowest BCUT2D eigenvalue weighted by Crippen LogP contribution is -2.49. The van der Waals surface area contributed by atoms with E-state index in [-0.39, 0.29) is 76.5 Å². The van der Waals surface area contributed by atoms with Gasteiger partial charge in [-0.15, -0.1) is 73.1 Å². The highest BCUT2D eigenvalue weighted by atomic mass is 35.5. The number of halogens is 6. The summed E-state index contributed by atoms with van der Waals surface area (Å²) in [6.45, 7) is 28.6. The maximum Gasteiger partial charge on any atom is 0.237 e. The molecule has 0 aliphatic carbocycles. The summed E-state index contributed by atoms with van der Waals surface area (Å²) >= 11 is 47.8. The molecule has 12 aliphatic heterocycles. The molecule has 26 nitrogen and oxygen atoms in total. The van der Waals surface area contributed by atoms with Crippen LogP contribution in [0, 0.1) is 27.7 Å². The number of aliphatic hydroxyl groups is 1. The fourth-order valence-electron chi connectivity index (χ4n) is 24.0. The first-order chi connectivity index (χ1) is 66.3. The number of aromatic amines is 2. The Morgan fingerprint density at radius 2 is 0.812 bits per heavy atom. The lowest BCUT2D eigenvalue weighted by molar-refractivity contribution is -0.0975. The minimum absolute atomic E-state index is 0.0734. The highest BCUT2D eigenvalue weighted by Gasteiger charge is 2.54. The van der Waals surface area contributed by atoms with Gasteiger partial charge >= 0.3 is 0 Å². The lowest BCUT2D eigenvalue weighted by atomic mass is 9.78. The molecule has 24 rings (SSSR count). The normalized spacial score (nSPS) is 30.6. The van der Waals surface area contributed by atoms with Crippen LogP contribution in [0.2, 0.25) is 26.0 Å². The van der Waals surface area contributed by atoms with E-state index in [1.807, 2.05) is 58.0 Å². The molecule has 9 N–H and O–H groups in total. The number of ether oxygens (including phenoxy) is 7. The number of aliphatic hydroxyl groups excluding tert-OH is 1. The number of methoxy groups -OCH3 is 1. The number of H-pyrrole nitrogens is 2. The van der Waals surface area contributed by atoms with Gasteiger partial charge in [0.25, 0.3) is 0 Å². The van der Waals surface area contributed by atoms with Crippen molar-refractivity contribution in [1.29, 1.82) is 0 Å². The smallest absolute Gasteiger partial charge is 0.237 e. The summed E-state index contributed by atoms with van der Waals surface area (Å²) in [6.07, 6.45) is 28.9.